The van der Waals surface area contributed by atoms with Gasteiger partial charge in [0.15, 0.2) is 0 Å². The Labute approximate surface area is 116 Å². The molecule has 0 aliphatic heterocycles. The zero-order chi connectivity index (χ0) is 13.1. The fraction of sp³-hybridized carbons (Fsp3) is 0. The Morgan fingerprint density at radius 1 is 1.22 bits per heavy atom. The zero-order valence-electron chi connectivity index (χ0n) is 8.99. The minimum atomic E-state index is -0.423. The van der Waals surface area contributed by atoms with Crippen molar-refractivity contribution in [2.24, 2.45) is 0 Å². The predicted octanol–water partition coefficient (Wildman–Crippen LogP) is 4.85. The molecule has 0 bridgehead atoms. The number of rotatable bonds is 3. The van der Waals surface area contributed by atoms with E-state index in [-0.39, 0.29) is 0 Å². The van der Waals surface area contributed by atoms with Crippen molar-refractivity contribution in [3.63, 3.8) is 0 Å². The summed E-state index contributed by atoms with van der Waals surface area (Å²) in [5, 5.41) is 0.294. The van der Waals surface area contributed by atoms with Crippen molar-refractivity contribution in [3.8, 4) is 11.5 Å². The third-order valence-corrected chi connectivity index (χ3v) is 3.15. The largest absolute Gasteiger partial charge is 0.456 e. The van der Waals surface area contributed by atoms with Crippen LogP contribution in [0, 0.1) is 5.82 Å². The number of carbonyl (C=O) groups excluding carboxylic acids is 1. The second kappa shape index (κ2) is 5.50. The number of hydrogen-bond acceptors (Lipinski definition) is 2. The summed E-state index contributed by atoms with van der Waals surface area (Å²) in [6, 6.07) is 9.01. The monoisotopic (exact) mass is 328 g/mol. The van der Waals surface area contributed by atoms with Crippen LogP contribution in [0.1, 0.15) is 10.4 Å². The first-order valence-electron chi connectivity index (χ1n) is 4.98. The quantitative estimate of drug-likeness (QED) is 0.753. The summed E-state index contributed by atoms with van der Waals surface area (Å²) in [6.45, 7) is 0. The van der Waals surface area contributed by atoms with Crippen molar-refractivity contribution in [2.75, 3.05) is 0 Å². The minimum absolute atomic E-state index is 0.294. The maximum Gasteiger partial charge on any atom is 0.150 e. The van der Waals surface area contributed by atoms with E-state index in [2.05, 4.69) is 15.9 Å². The highest BCUT2D eigenvalue weighted by Gasteiger charge is 2.06. The first-order chi connectivity index (χ1) is 8.60. The van der Waals surface area contributed by atoms with Crippen molar-refractivity contribution < 1.29 is 13.9 Å². The lowest BCUT2D eigenvalue weighted by Crippen LogP contribution is -1.88. The van der Waals surface area contributed by atoms with E-state index in [1.807, 2.05) is 0 Å². The van der Waals surface area contributed by atoms with E-state index in [0.29, 0.717) is 32.8 Å². The third-order valence-electron chi connectivity index (χ3n) is 2.21. The molecule has 0 aromatic heterocycles. The molecule has 2 nitrogen and oxygen atoms in total. The number of aldehydes is 1. The van der Waals surface area contributed by atoms with E-state index >= 15 is 0 Å². The fourth-order valence-electron chi connectivity index (χ4n) is 1.34. The van der Waals surface area contributed by atoms with E-state index in [1.54, 1.807) is 24.3 Å². The number of halogens is 3. The summed E-state index contributed by atoms with van der Waals surface area (Å²) >= 11 is 8.99. The molecule has 0 unspecified atom stereocenters. The summed E-state index contributed by atoms with van der Waals surface area (Å²) in [5.41, 5.74) is 0.453. The van der Waals surface area contributed by atoms with Crippen LogP contribution in [0.2, 0.25) is 5.02 Å². The lowest BCUT2D eigenvalue weighted by atomic mass is 10.2. The maximum absolute atomic E-state index is 13.3. The van der Waals surface area contributed by atoms with Gasteiger partial charge in [-0.05, 0) is 46.3 Å². The lowest BCUT2D eigenvalue weighted by molar-refractivity contribution is 0.112. The molecule has 2 aromatic carbocycles. The third kappa shape index (κ3) is 2.89. The minimum Gasteiger partial charge on any atom is -0.456 e. The molecule has 92 valence electrons. The normalized spacial score (nSPS) is 10.2. The van der Waals surface area contributed by atoms with Crippen LogP contribution in [0.5, 0.6) is 11.5 Å². The Morgan fingerprint density at radius 2 is 2.00 bits per heavy atom. The fourth-order valence-corrected chi connectivity index (χ4v) is 1.81. The molecular weight excluding hydrogens is 322 g/mol. The molecule has 5 heteroatoms. The average Bonchev–Trinajstić information content (AvgIpc) is 2.36. The molecular formula is C13H7BrClFO2. The summed E-state index contributed by atoms with van der Waals surface area (Å²) in [7, 11) is 0. The van der Waals surface area contributed by atoms with Crippen LogP contribution in [0.4, 0.5) is 4.39 Å². The lowest BCUT2D eigenvalue weighted by Gasteiger charge is -2.08. The SMILES string of the molecule is O=Cc1ccc(Oc2ccc(Br)c(F)c2)c(Cl)c1. The molecule has 0 spiro atoms. The summed E-state index contributed by atoms with van der Waals surface area (Å²) < 4.78 is 19.1. The Morgan fingerprint density at radius 3 is 2.61 bits per heavy atom. The first kappa shape index (κ1) is 13.1. The molecule has 0 heterocycles. The van der Waals surface area contributed by atoms with E-state index in [9.17, 15) is 9.18 Å². The van der Waals surface area contributed by atoms with Crippen molar-refractivity contribution in [1.29, 1.82) is 0 Å². The standard InChI is InChI=1S/C13H7BrClFO2/c14-10-3-2-9(6-12(10)16)18-13-4-1-8(7-17)5-11(13)15/h1-7H. The van der Waals surface area contributed by atoms with Gasteiger partial charge < -0.3 is 4.74 Å². The van der Waals surface area contributed by atoms with Crippen LogP contribution >= 0.6 is 27.5 Å². The number of ether oxygens (including phenoxy) is 1. The van der Waals surface area contributed by atoms with Crippen molar-refractivity contribution in [2.45, 2.75) is 0 Å². The highest BCUT2D eigenvalue weighted by Crippen LogP contribution is 2.31. The smallest absolute Gasteiger partial charge is 0.150 e. The average molecular weight is 330 g/mol. The van der Waals surface area contributed by atoms with Gasteiger partial charge in [0.2, 0.25) is 0 Å². The van der Waals surface area contributed by atoms with Gasteiger partial charge in [0.05, 0.1) is 9.50 Å². The van der Waals surface area contributed by atoms with Crippen LogP contribution in [0.25, 0.3) is 0 Å². The predicted molar refractivity (Wildman–Crippen MR) is 71.0 cm³/mol. The molecule has 0 saturated heterocycles. The Bertz CT molecular complexity index is 602. The zero-order valence-corrected chi connectivity index (χ0v) is 11.3. The van der Waals surface area contributed by atoms with Gasteiger partial charge in [-0.1, -0.05) is 11.6 Å². The Hall–Kier alpha value is -1.39. The van der Waals surface area contributed by atoms with Crippen LogP contribution in [0.3, 0.4) is 0 Å². The summed E-state index contributed by atoms with van der Waals surface area (Å²) in [5.74, 6) is 0.272. The van der Waals surface area contributed by atoms with Crippen LogP contribution in [0.15, 0.2) is 40.9 Å². The van der Waals surface area contributed by atoms with E-state index < -0.39 is 5.82 Å². The van der Waals surface area contributed by atoms with Gasteiger partial charge in [0.1, 0.15) is 23.6 Å². The summed E-state index contributed by atoms with van der Waals surface area (Å²) in [6.07, 6.45) is 0.689. The molecule has 0 N–H and O–H groups in total. The Kier molecular flexibility index (Phi) is 3.99. The van der Waals surface area contributed by atoms with Gasteiger partial charge in [-0.15, -0.1) is 0 Å². The molecule has 18 heavy (non-hydrogen) atoms. The Balaban J connectivity index is 2.28. The van der Waals surface area contributed by atoms with Crippen LogP contribution < -0.4 is 4.74 Å². The van der Waals surface area contributed by atoms with Gasteiger partial charge >= 0.3 is 0 Å². The van der Waals surface area contributed by atoms with Crippen LogP contribution in [-0.2, 0) is 0 Å². The van der Waals surface area contributed by atoms with Gasteiger partial charge in [-0.2, -0.15) is 0 Å². The molecule has 2 aromatic rings. The first-order valence-corrected chi connectivity index (χ1v) is 6.15. The van der Waals surface area contributed by atoms with E-state index in [0.717, 1.165) is 0 Å². The van der Waals surface area contributed by atoms with Crippen molar-refractivity contribution >= 4 is 33.8 Å². The maximum atomic E-state index is 13.3. The molecule has 0 aliphatic rings. The number of benzene rings is 2. The van der Waals surface area contributed by atoms with Crippen molar-refractivity contribution in [1.82, 2.24) is 0 Å². The number of hydrogen-bond donors (Lipinski definition) is 0. The highest BCUT2D eigenvalue weighted by molar-refractivity contribution is 9.10. The molecule has 0 atom stereocenters. The van der Waals surface area contributed by atoms with Gasteiger partial charge in [-0.25, -0.2) is 4.39 Å². The highest BCUT2D eigenvalue weighted by atomic mass is 79.9. The van der Waals surface area contributed by atoms with Gasteiger partial charge in [0.25, 0.3) is 0 Å². The molecule has 0 aliphatic carbocycles. The molecule has 0 amide bonds. The molecule has 2 rings (SSSR count). The van der Waals surface area contributed by atoms with Crippen LogP contribution in [-0.4, -0.2) is 6.29 Å². The molecule has 0 radical (unpaired) electrons. The number of carbonyl (C=O) groups is 1. The van der Waals surface area contributed by atoms with E-state index in [1.165, 1.54) is 12.1 Å². The second-order valence-electron chi connectivity index (χ2n) is 3.49. The second-order valence-corrected chi connectivity index (χ2v) is 4.75. The van der Waals surface area contributed by atoms with E-state index in [4.69, 9.17) is 16.3 Å². The van der Waals surface area contributed by atoms with Gasteiger partial charge in [0, 0.05) is 11.6 Å². The topological polar surface area (TPSA) is 26.3 Å². The summed E-state index contributed by atoms with van der Waals surface area (Å²) in [4.78, 5) is 10.6. The molecule has 0 saturated carbocycles. The molecule has 0 fully saturated rings. The van der Waals surface area contributed by atoms with Gasteiger partial charge in [-0.3, -0.25) is 4.79 Å². The van der Waals surface area contributed by atoms with Crippen molar-refractivity contribution in [3.05, 3.63) is 57.3 Å².